The van der Waals surface area contributed by atoms with E-state index in [1.165, 1.54) is 0 Å². The molecule has 1 atom stereocenters. The number of nitrogens with one attached hydrogen (secondary N) is 1. The molecule has 0 heterocycles. The smallest absolute Gasteiger partial charge is 0.329 e. The van der Waals surface area contributed by atoms with Crippen LogP contribution in [-0.2, 0) is 9.59 Å². The first-order valence-corrected chi connectivity index (χ1v) is 6.31. The van der Waals surface area contributed by atoms with Crippen molar-refractivity contribution in [3.05, 3.63) is 0 Å². The Bertz CT molecular complexity index is 285. The molecule has 98 valence electrons. The van der Waals surface area contributed by atoms with Gasteiger partial charge in [-0.05, 0) is 19.3 Å². The summed E-state index contributed by atoms with van der Waals surface area (Å²) >= 11 is 0. The zero-order valence-electron chi connectivity index (χ0n) is 10.4. The summed E-state index contributed by atoms with van der Waals surface area (Å²) in [4.78, 5) is 23.3. The van der Waals surface area contributed by atoms with E-state index in [-0.39, 0.29) is 18.4 Å². The van der Waals surface area contributed by atoms with E-state index in [1.54, 1.807) is 0 Å². The van der Waals surface area contributed by atoms with E-state index in [9.17, 15) is 14.7 Å². The molecular weight excluding hydrogens is 220 g/mol. The molecular formula is C12H22N2O3. The van der Waals surface area contributed by atoms with E-state index in [0.717, 1.165) is 19.3 Å². The first-order valence-electron chi connectivity index (χ1n) is 6.31. The minimum absolute atomic E-state index is 0.210. The minimum Gasteiger partial charge on any atom is -0.480 e. The fraction of sp³-hybridized carbons (Fsp3) is 0.833. The van der Waals surface area contributed by atoms with Gasteiger partial charge in [-0.2, -0.15) is 0 Å². The van der Waals surface area contributed by atoms with Gasteiger partial charge in [0.25, 0.3) is 0 Å². The van der Waals surface area contributed by atoms with Crippen LogP contribution in [0.15, 0.2) is 0 Å². The molecule has 4 N–H and O–H groups in total. The monoisotopic (exact) mass is 242 g/mol. The highest BCUT2D eigenvalue weighted by Crippen LogP contribution is 2.30. The number of hydrogen-bond acceptors (Lipinski definition) is 3. The predicted octanol–water partition coefficient (Wildman–Crippen LogP) is 0.875. The molecule has 0 bridgehead atoms. The van der Waals surface area contributed by atoms with E-state index >= 15 is 0 Å². The number of carbonyl (C=O) groups is 2. The van der Waals surface area contributed by atoms with Crippen molar-refractivity contribution in [2.45, 2.75) is 51.0 Å². The molecule has 1 aliphatic rings. The number of carboxylic acid groups (broad SMARTS) is 1. The molecule has 5 heteroatoms. The fourth-order valence-electron chi connectivity index (χ4n) is 2.41. The molecule has 0 spiro atoms. The van der Waals surface area contributed by atoms with E-state index in [2.05, 4.69) is 5.32 Å². The maximum absolute atomic E-state index is 12.0. The SMILES string of the molecule is CCCC(CN)C(=O)NC1(C(=O)O)CCCC1. The highest BCUT2D eigenvalue weighted by molar-refractivity contribution is 5.88. The normalized spacial score (nSPS) is 19.9. The van der Waals surface area contributed by atoms with Crippen LogP contribution in [0.2, 0.25) is 0 Å². The topological polar surface area (TPSA) is 92.4 Å². The van der Waals surface area contributed by atoms with Gasteiger partial charge in [0, 0.05) is 6.54 Å². The lowest BCUT2D eigenvalue weighted by molar-refractivity contribution is -0.148. The van der Waals surface area contributed by atoms with E-state index in [0.29, 0.717) is 19.3 Å². The Labute approximate surface area is 102 Å². The van der Waals surface area contributed by atoms with Crippen molar-refractivity contribution < 1.29 is 14.7 Å². The van der Waals surface area contributed by atoms with Crippen LogP contribution in [0.4, 0.5) is 0 Å². The Balaban J connectivity index is 2.67. The second-order valence-electron chi connectivity index (χ2n) is 4.80. The van der Waals surface area contributed by atoms with Crippen molar-refractivity contribution >= 4 is 11.9 Å². The molecule has 1 amide bonds. The van der Waals surface area contributed by atoms with E-state index in [1.807, 2.05) is 6.92 Å². The van der Waals surface area contributed by atoms with Crippen molar-refractivity contribution in [3.63, 3.8) is 0 Å². The lowest BCUT2D eigenvalue weighted by Crippen LogP contribution is -2.54. The fourth-order valence-corrected chi connectivity index (χ4v) is 2.41. The maximum atomic E-state index is 12.0. The highest BCUT2D eigenvalue weighted by atomic mass is 16.4. The van der Waals surface area contributed by atoms with Gasteiger partial charge in [0.2, 0.25) is 5.91 Å². The van der Waals surface area contributed by atoms with Crippen LogP contribution in [0.5, 0.6) is 0 Å². The molecule has 0 aromatic rings. The number of carbonyl (C=O) groups excluding carboxylic acids is 1. The van der Waals surface area contributed by atoms with Gasteiger partial charge in [-0.15, -0.1) is 0 Å². The van der Waals surface area contributed by atoms with Crippen molar-refractivity contribution in [2.24, 2.45) is 11.7 Å². The maximum Gasteiger partial charge on any atom is 0.329 e. The van der Waals surface area contributed by atoms with Gasteiger partial charge in [-0.25, -0.2) is 4.79 Å². The Morgan fingerprint density at radius 2 is 2.00 bits per heavy atom. The van der Waals surface area contributed by atoms with Crippen molar-refractivity contribution in [1.29, 1.82) is 0 Å². The standard InChI is InChI=1S/C12H22N2O3/c1-2-5-9(8-13)10(15)14-12(11(16)17)6-3-4-7-12/h9H,2-8,13H2,1H3,(H,14,15)(H,16,17). The molecule has 5 nitrogen and oxygen atoms in total. The summed E-state index contributed by atoms with van der Waals surface area (Å²) in [6.07, 6.45) is 4.34. The number of carboxylic acids is 1. The van der Waals surface area contributed by atoms with Gasteiger partial charge in [0.15, 0.2) is 0 Å². The Morgan fingerprint density at radius 1 is 1.41 bits per heavy atom. The first kappa shape index (κ1) is 14.0. The zero-order valence-corrected chi connectivity index (χ0v) is 10.4. The van der Waals surface area contributed by atoms with Gasteiger partial charge >= 0.3 is 5.97 Å². The largest absolute Gasteiger partial charge is 0.480 e. The van der Waals surface area contributed by atoms with Crippen LogP contribution in [0, 0.1) is 5.92 Å². The number of amides is 1. The summed E-state index contributed by atoms with van der Waals surface area (Å²) in [5.41, 5.74) is 4.50. The van der Waals surface area contributed by atoms with Crippen LogP contribution >= 0.6 is 0 Å². The number of nitrogens with two attached hydrogens (primary N) is 1. The third-order valence-corrected chi connectivity index (χ3v) is 3.52. The van der Waals surface area contributed by atoms with Crippen LogP contribution in [0.1, 0.15) is 45.4 Å². The first-order chi connectivity index (χ1) is 8.05. The molecule has 0 radical (unpaired) electrons. The van der Waals surface area contributed by atoms with Crippen molar-refractivity contribution in [2.75, 3.05) is 6.54 Å². The average molecular weight is 242 g/mol. The summed E-state index contributed by atoms with van der Waals surface area (Å²) in [5.74, 6) is -1.40. The lowest BCUT2D eigenvalue weighted by atomic mass is 9.95. The molecule has 1 aliphatic carbocycles. The zero-order chi connectivity index (χ0) is 12.9. The Morgan fingerprint density at radius 3 is 2.41 bits per heavy atom. The average Bonchev–Trinajstić information content (AvgIpc) is 2.75. The van der Waals surface area contributed by atoms with E-state index < -0.39 is 11.5 Å². The Hall–Kier alpha value is -1.10. The molecule has 0 saturated heterocycles. The predicted molar refractivity (Wildman–Crippen MR) is 64.4 cm³/mol. The van der Waals surface area contributed by atoms with Gasteiger partial charge in [0.1, 0.15) is 5.54 Å². The molecule has 17 heavy (non-hydrogen) atoms. The molecule has 1 saturated carbocycles. The van der Waals surface area contributed by atoms with Crippen LogP contribution in [0.25, 0.3) is 0 Å². The quantitative estimate of drug-likeness (QED) is 0.644. The second kappa shape index (κ2) is 6.00. The van der Waals surface area contributed by atoms with Crippen LogP contribution < -0.4 is 11.1 Å². The van der Waals surface area contributed by atoms with Gasteiger partial charge in [-0.3, -0.25) is 4.79 Å². The highest BCUT2D eigenvalue weighted by Gasteiger charge is 2.43. The molecule has 0 aliphatic heterocycles. The lowest BCUT2D eigenvalue weighted by Gasteiger charge is -2.27. The minimum atomic E-state index is -1.04. The van der Waals surface area contributed by atoms with Crippen LogP contribution in [0.3, 0.4) is 0 Å². The molecule has 0 aromatic heterocycles. The summed E-state index contributed by atoms with van der Waals surface area (Å²) in [7, 11) is 0. The molecule has 0 aromatic carbocycles. The summed E-state index contributed by atoms with van der Waals surface area (Å²) in [5, 5.41) is 12.0. The van der Waals surface area contributed by atoms with Crippen molar-refractivity contribution in [1.82, 2.24) is 5.32 Å². The second-order valence-corrected chi connectivity index (χ2v) is 4.80. The summed E-state index contributed by atoms with van der Waals surface area (Å²) < 4.78 is 0. The molecule has 1 rings (SSSR count). The molecule has 1 fully saturated rings. The number of rotatable bonds is 6. The van der Waals surface area contributed by atoms with Gasteiger partial charge in [-0.1, -0.05) is 26.2 Å². The third kappa shape index (κ3) is 3.19. The molecule has 1 unspecified atom stereocenters. The van der Waals surface area contributed by atoms with E-state index in [4.69, 9.17) is 5.73 Å². The van der Waals surface area contributed by atoms with Gasteiger partial charge < -0.3 is 16.2 Å². The number of hydrogen-bond donors (Lipinski definition) is 3. The van der Waals surface area contributed by atoms with Crippen LogP contribution in [-0.4, -0.2) is 29.1 Å². The number of aliphatic carboxylic acids is 1. The third-order valence-electron chi connectivity index (χ3n) is 3.52. The summed E-state index contributed by atoms with van der Waals surface area (Å²) in [6.45, 7) is 2.26. The Kier molecular flexibility index (Phi) is 4.93. The summed E-state index contributed by atoms with van der Waals surface area (Å²) in [6, 6.07) is 0. The van der Waals surface area contributed by atoms with Gasteiger partial charge in [0.05, 0.1) is 5.92 Å². The van der Waals surface area contributed by atoms with Crippen molar-refractivity contribution in [3.8, 4) is 0 Å².